The van der Waals surface area contributed by atoms with Crippen molar-refractivity contribution in [3.8, 4) is 33.4 Å². The van der Waals surface area contributed by atoms with Gasteiger partial charge in [-0.25, -0.2) is 43.9 Å². The zero-order valence-electron chi connectivity index (χ0n) is 55.4. The van der Waals surface area contributed by atoms with Crippen molar-refractivity contribution in [2.45, 2.75) is 42.9 Å². The molecule has 0 fully saturated rings. The van der Waals surface area contributed by atoms with Crippen molar-refractivity contribution in [2.75, 3.05) is 9.80 Å². The summed E-state index contributed by atoms with van der Waals surface area (Å²) in [5.74, 6) is -20.5. The minimum absolute atomic E-state index is 0.207. The van der Waals surface area contributed by atoms with Crippen molar-refractivity contribution in [3.05, 3.63) is 393 Å². The van der Waals surface area contributed by atoms with Gasteiger partial charge < -0.3 is 9.80 Å². The zero-order chi connectivity index (χ0) is 71.1. The first-order valence-electron chi connectivity index (χ1n) is 33.7. The Morgan fingerprint density at radius 3 is 0.942 bits per heavy atom. The highest BCUT2D eigenvalue weighted by molar-refractivity contribution is 6.02. The van der Waals surface area contributed by atoms with Gasteiger partial charge in [0, 0.05) is 50.1 Å². The van der Waals surface area contributed by atoms with Crippen LogP contribution in [0.1, 0.15) is 80.6 Å². The van der Waals surface area contributed by atoms with E-state index in [9.17, 15) is 0 Å². The maximum absolute atomic E-state index is 17.2. The second-order valence-corrected chi connectivity index (χ2v) is 27.2. The van der Waals surface area contributed by atoms with Crippen molar-refractivity contribution in [3.63, 3.8) is 0 Å². The number of hydrogen-bond donors (Lipinski definition) is 0. The lowest BCUT2D eigenvalue weighted by molar-refractivity contribution is 0.357. The summed E-state index contributed by atoms with van der Waals surface area (Å²) < 4.78 is 164. The Kier molecular flexibility index (Phi) is 15.1. The highest BCUT2D eigenvalue weighted by atomic mass is 19.2. The third kappa shape index (κ3) is 9.56. The fourth-order valence-corrected chi connectivity index (χ4v) is 16.9. The van der Waals surface area contributed by atoms with Gasteiger partial charge in [-0.05, 0) is 173 Å². The average molecular weight is 1370 g/mol. The maximum Gasteiger partial charge on any atom is 0.200 e. The molecule has 0 N–H and O–H groups in total. The smallest absolute Gasteiger partial charge is 0.200 e. The van der Waals surface area contributed by atoms with E-state index in [1.807, 2.05) is 133 Å². The summed E-state index contributed by atoms with van der Waals surface area (Å²) >= 11 is 0. The van der Waals surface area contributed by atoms with Crippen LogP contribution in [-0.2, 0) is 29.1 Å². The van der Waals surface area contributed by atoms with E-state index in [2.05, 4.69) is 61.1 Å². The van der Waals surface area contributed by atoms with Crippen molar-refractivity contribution >= 4 is 67.8 Å². The summed E-state index contributed by atoms with van der Waals surface area (Å²) in [6.07, 6.45) is 2.88. The molecule has 0 radical (unpaired) electrons. The quantitative estimate of drug-likeness (QED) is 0.0608. The first kappa shape index (κ1) is 64.4. The van der Waals surface area contributed by atoms with Gasteiger partial charge in [-0.15, -0.1) is 0 Å². The van der Waals surface area contributed by atoms with E-state index in [1.54, 1.807) is 109 Å². The van der Waals surface area contributed by atoms with E-state index in [-0.39, 0.29) is 12.8 Å². The third-order valence-corrected chi connectivity index (χ3v) is 21.6. The Labute approximate surface area is 587 Å². The van der Waals surface area contributed by atoms with Gasteiger partial charge in [0.15, 0.2) is 46.5 Å². The van der Waals surface area contributed by atoms with E-state index in [0.717, 1.165) is 66.3 Å². The molecule has 0 bridgehead atoms. The topological polar surface area (TPSA) is 6.48 Å². The minimum Gasteiger partial charge on any atom is -0.310 e. The molecule has 0 spiro atoms. The van der Waals surface area contributed by atoms with Crippen LogP contribution in [0.5, 0.6) is 0 Å². The molecule has 0 saturated heterocycles. The molecule has 0 aromatic heterocycles. The van der Waals surface area contributed by atoms with Crippen LogP contribution in [0.4, 0.5) is 78.0 Å². The predicted octanol–water partition coefficient (Wildman–Crippen LogP) is 25.0. The highest BCUT2D eigenvalue weighted by Gasteiger charge is 2.53. The Balaban J connectivity index is 0.849. The van der Waals surface area contributed by atoms with Gasteiger partial charge in [-0.3, -0.25) is 0 Å². The zero-order valence-corrected chi connectivity index (χ0v) is 55.4. The summed E-state index contributed by atoms with van der Waals surface area (Å²) in [4.78, 5) is 4.13. The van der Waals surface area contributed by atoms with Gasteiger partial charge >= 0.3 is 0 Å². The molecule has 2 atom stereocenters. The van der Waals surface area contributed by atoms with Gasteiger partial charge in [-0.1, -0.05) is 233 Å². The van der Waals surface area contributed by atoms with Crippen LogP contribution < -0.4 is 9.80 Å². The van der Waals surface area contributed by atoms with Crippen molar-refractivity contribution in [1.29, 1.82) is 0 Å². The SMILES string of the molecule is C=Cc1ccc(CC2(c3c(F)c(F)c(F)c(F)c3F)c3ccccc3-c3ccc(N(c4ccc5c(c4)C(C)(C)c4cc(N(c6ccc7c(c6)C(Cc6ccc(C=C)cc6)(c6c(F)c(F)c(F)c(F)c6F)c6ccccc6-7)c6cccc7ccccc67)ccc4-5)c4cccc5ccccc45)cc32)cc1. The Hall–Kier alpha value is -12.0. The molecule has 14 aromatic rings. The second kappa shape index (κ2) is 24.1. The lowest BCUT2D eigenvalue weighted by Gasteiger charge is -2.35. The number of benzene rings is 14. The normalized spacial score (nSPS) is 15.7. The van der Waals surface area contributed by atoms with Crippen LogP contribution in [0, 0.1) is 58.2 Å². The van der Waals surface area contributed by atoms with Crippen molar-refractivity contribution in [2.24, 2.45) is 0 Å². The molecule has 2 unspecified atom stereocenters. The number of fused-ring (bicyclic) bond motifs is 11. The molecule has 2 nitrogen and oxygen atoms in total. The molecule has 0 saturated carbocycles. The van der Waals surface area contributed by atoms with E-state index >= 15 is 43.9 Å². The van der Waals surface area contributed by atoms with Crippen LogP contribution in [0.3, 0.4) is 0 Å². The van der Waals surface area contributed by atoms with Crippen LogP contribution in [0.2, 0.25) is 0 Å². The number of anilines is 6. The fraction of sp³-hybridized carbons (Fsp3) is 0.0769. The average Bonchev–Trinajstić information content (AvgIpc) is 1.56. The van der Waals surface area contributed by atoms with Crippen LogP contribution in [-0.4, -0.2) is 0 Å². The van der Waals surface area contributed by atoms with Crippen LogP contribution in [0.25, 0.3) is 67.1 Å². The molecule has 0 amide bonds. The molecule has 103 heavy (non-hydrogen) atoms. The van der Waals surface area contributed by atoms with Gasteiger partial charge in [0.2, 0.25) is 11.6 Å². The molecule has 3 aliphatic rings. The minimum atomic E-state index is -2.26. The maximum atomic E-state index is 17.2. The Bertz CT molecular complexity index is 5510. The molecule has 3 aliphatic carbocycles. The highest BCUT2D eigenvalue weighted by Crippen LogP contribution is 2.61. The van der Waals surface area contributed by atoms with E-state index in [4.69, 9.17) is 0 Å². The predicted molar refractivity (Wildman–Crippen MR) is 392 cm³/mol. The molecule has 12 heteroatoms. The van der Waals surface area contributed by atoms with E-state index in [1.165, 1.54) is 0 Å². The lowest BCUT2D eigenvalue weighted by Crippen LogP contribution is -2.34. The Morgan fingerprint density at radius 1 is 0.291 bits per heavy atom. The number of rotatable bonds is 14. The van der Waals surface area contributed by atoms with E-state index in [0.29, 0.717) is 78.4 Å². The molecule has 502 valence electrons. The lowest BCUT2D eigenvalue weighted by atomic mass is 9.68. The number of nitrogens with zero attached hydrogens (tertiary/aromatic N) is 2. The number of halogens is 10. The largest absolute Gasteiger partial charge is 0.310 e. The molecule has 14 aromatic carbocycles. The summed E-state index contributed by atoms with van der Waals surface area (Å²) in [6, 6.07) is 79.3. The summed E-state index contributed by atoms with van der Waals surface area (Å²) in [6.45, 7) is 12.0. The molecular weight excluding hydrogens is 1310 g/mol. The number of hydrogen-bond acceptors (Lipinski definition) is 2. The van der Waals surface area contributed by atoms with Crippen LogP contribution in [0.15, 0.2) is 268 Å². The van der Waals surface area contributed by atoms with Gasteiger partial charge in [-0.2, -0.15) is 0 Å². The van der Waals surface area contributed by atoms with Gasteiger partial charge in [0.05, 0.1) is 22.2 Å². The van der Waals surface area contributed by atoms with Gasteiger partial charge in [0.1, 0.15) is 0 Å². The Morgan fingerprint density at radius 2 is 0.583 bits per heavy atom. The van der Waals surface area contributed by atoms with Crippen LogP contribution >= 0.6 is 0 Å². The van der Waals surface area contributed by atoms with E-state index < -0.39 is 85.5 Å². The first-order chi connectivity index (χ1) is 49.9. The molecular formula is C91H58F10N2. The molecule has 17 rings (SSSR count). The molecule has 0 aliphatic heterocycles. The summed E-state index contributed by atoms with van der Waals surface area (Å²) in [5, 5.41) is 3.52. The second-order valence-electron chi connectivity index (χ2n) is 27.2. The molecule has 0 heterocycles. The van der Waals surface area contributed by atoms with Crippen molar-refractivity contribution in [1.82, 2.24) is 0 Å². The van der Waals surface area contributed by atoms with Crippen molar-refractivity contribution < 1.29 is 43.9 Å². The monoisotopic (exact) mass is 1370 g/mol. The van der Waals surface area contributed by atoms with Gasteiger partial charge in [0.25, 0.3) is 0 Å². The third-order valence-electron chi connectivity index (χ3n) is 21.6. The summed E-state index contributed by atoms with van der Waals surface area (Å²) in [7, 11) is 0. The summed E-state index contributed by atoms with van der Waals surface area (Å²) in [5.41, 5.74) is 7.04. The fourth-order valence-electron chi connectivity index (χ4n) is 16.9. The standard InChI is InChI=1S/C91H58F10N2/c1-5-51-29-33-53(34-30-51)49-90(77-79(92)83(96)87(100)84(97)80(77)93)69-25-13-11-23-63(69)67-43-39-59(47-73(67)90)102(75-27-15-19-55-17-7-9-21-61(55)75)57-37-41-65-66-42-38-58(46-72(66)89(3,4)71(65)45-57)103(76-28-16-20-56-18-8-10-22-62(56)76)60-40-44-68-64-24-12-14-26-70(64)91(74(68)48-60,50-54-35-31-52(6-2)32-36-54)78-81(94)85(98)88(101)86(99)82(78)95/h5-48H,1-2,49-50H2,3-4H3. The first-order valence-corrected chi connectivity index (χ1v) is 33.7.